The summed E-state index contributed by atoms with van der Waals surface area (Å²) >= 11 is 1.66. The zero-order valence-electron chi connectivity index (χ0n) is 19.3. The summed E-state index contributed by atoms with van der Waals surface area (Å²) in [5, 5.41) is 9.85. The molecule has 2 aromatic carbocycles. The van der Waals surface area contributed by atoms with E-state index in [0.717, 1.165) is 41.7 Å². The molecule has 5 rings (SSSR count). The maximum atomic E-state index is 12.7. The SMILES string of the molecule is O=C(CCCSc1nnc(Cc2ccccc2)n1-c1ccccc1)N1CCC2(CC1)OCCO2. The molecule has 0 bridgehead atoms. The number of para-hydroxylation sites is 1. The Kier molecular flexibility index (Phi) is 7.27. The normalized spacial score (nSPS) is 17.4. The van der Waals surface area contributed by atoms with E-state index in [1.54, 1.807) is 11.8 Å². The van der Waals surface area contributed by atoms with Gasteiger partial charge in [0.05, 0.1) is 13.2 Å². The number of hydrogen-bond donors (Lipinski definition) is 0. The number of amides is 1. The van der Waals surface area contributed by atoms with E-state index in [4.69, 9.17) is 9.47 Å². The average molecular weight is 479 g/mol. The number of carbonyl (C=O) groups excluding carboxylic acids is 1. The van der Waals surface area contributed by atoms with Crippen molar-refractivity contribution >= 4 is 17.7 Å². The van der Waals surface area contributed by atoms with Crippen LogP contribution in [0.5, 0.6) is 0 Å². The molecule has 3 aromatic rings. The lowest BCUT2D eigenvalue weighted by molar-refractivity contribution is -0.187. The number of benzene rings is 2. The van der Waals surface area contributed by atoms with Gasteiger partial charge in [0.1, 0.15) is 5.82 Å². The topological polar surface area (TPSA) is 69.5 Å². The van der Waals surface area contributed by atoms with Crippen molar-refractivity contribution in [2.24, 2.45) is 0 Å². The zero-order chi connectivity index (χ0) is 23.2. The summed E-state index contributed by atoms with van der Waals surface area (Å²) in [5.41, 5.74) is 2.25. The Balaban J connectivity index is 1.17. The molecule has 1 amide bonds. The smallest absolute Gasteiger partial charge is 0.222 e. The van der Waals surface area contributed by atoms with Crippen molar-refractivity contribution in [2.75, 3.05) is 32.1 Å². The quantitative estimate of drug-likeness (QED) is 0.359. The number of carbonyl (C=O) groups is 1. The van der Waals surface area contributed by atoms with Crippen LogP contribution >= 0.6 is 11.8 Å². The van der Waals surface area contributed by atoms with E-state index in [0.29, 0.717) is 39.1 Å². The van der Waals surface area contributed by atoms with E-state index >= 15 is 0 Å². The molecule has 1 aromatic heterocycles. The number of likely N-dealkylation sites (tertiary alicyclic amines) is 1. The van der Waals surface area contributed by atoms with Crippen LogP contribution in [-0.2, 0) is 20.7 Å². The van der Waals surface area contributed by atoms with Crippen LogP contribution in [0.1, 0.15) is 37.1 Å². The van der Waals surface area contributed by atoms with E-state index in [2.05, 4.69) is 39.0 Å². The molecule has 2 fully saturated rings. The lowest BCUT2D eigenvalue weighted by atomic mass is 10.0. The number of aromatic nitrogens is 3. The molecule has 3 heterocycles. The standard InChI is InChI=1S/C26H30N4O3S/c31-24(29-15-13-26(14-16-29)32-17-18-33-26)12-7-19-34-25-28-27-23(20-21-8-3-1-4-9-21)30(25)22-10-5-2-6-11-22/h1-6,8-11H,7,12-20H2. The van der Waals surface area contributed by atoms with Crippen LogP contribution in [0, 0.1) is 0 Å². The molecule has 2 aliphatic rings. The largest absolute Gasteiger partial charge is 0.347 e. The van der Waals surface area contributed by atoms with Crippen molar-refractivity contribution in [1.82, 2.24) is 19.7 Å². The second-order valence-corrected chi connectivity index (χ2v) is 9.73. The fraction of sp³-hybridized carbons (Fsp3) is 0.423. The molecule has 0 radical (unpaired) electrons. The van der Waals surface area contributed by atoms with Gasteiger partial charge in [-0.3, -0.25) is 9.36 Å². The summed E-state index contributed by atoms with van der Waals surface area (Å²) in [4.78, 5) is 14.7. The number of thioether (sulfide) groups is 1. The molecular formula is C26H30N4O3S. The van der Waals surface area contributed by atoms with E-state index in [9.17, 15) is 4.79 Å². The first-order chi connectivity index (χ1) is 16.7. The molecule has 178 valence electrons. The Morgan fingerprint density at radius 2 is 1.62 bits per heavy atom. The van der Waals surface area contributed by atoms with Gasteiger partial charge in [-0.05, 0) is 24.1 Å². The Morgan fingerprint density at radius 1 is 0.941 bits per heavy atom. The van der Waals surface area contributed by atoms with E-state index in [1.807, 2.05) is 41.3 Å². The Morgan fingerprint density at radius 3 is 2.32 bits per heavy atom. The number of hydrogen-bond acceptors (Lipinski definition) is 6. The number of rotatable bonds is 8. The average Bonchev–Trinajstić information content (AvgIpc) is 3.50. The minimum atomic E-state index is -0.439. The van der Waals surface area contributed by atoms with Gasteiger partial charge in [0.2, 0.25) is 5.91 Å². The van der Waals surface area contributed by atoms with Crippen molar-refractivity contribution in [3.05, 3.63) is 72.1 Å². The van der Waals surface area contributed by atoms with Gasteiger partial charge in [0, 0.05) is 50.2 Å². The molecule has 0 N–H and O–H groups in total. The van der Waals surface area contributed by atoms with Crippen LogP contribution in [0.4, 0.5) is 0 Å². The van der Waals surface area contributed by atoms with Gasteiger partial charge in [0.15, 0.2) is 10.9 Å². The molecule has 7 nitrogen and oxygen atoms in total. The molecule has 0 atom stereocenters. The van der Waals surface area contributed by atoms with E-state index in [-0.39, 0.29) is 5.91 Å². The van der Waals surface area contributed by atoms with Crippen molar-refractivity contribution in [3.63, 3.8) is 0 Å². The zero-order valence-corrected chi connectivity index (χ0v) is 20.1. The first kappa shape index (κ1) is 23.1. The van der Waals surface area contributed by atoms with Gasteiger partial charge >= 0.3 is 0 Å². The predicted molar refractivity (Wildman–Crippen MR) is 131 cm³/mol. The van der Waals surface area contributed by atoms with Crippen molar-refractivity contribution < 1.29 is 14.3 Å². The highest BCUT2D eigenvalue weighted by Gasteiger charge is 2.40. The van der Waals surface area contributed by atoms with Crippen LogP contribution in [0.2, 0.25) is 0 Å². The highest BCUT2D eigenvalue weighted by molar-refractivity contribution is 7.99. The molecule has 0 saturated carbocycles. The second kappa shape index (κ2) is 10.7. The van der Waals surface area contributed by atoms with Crippen molar-refractivity contribution in [2.45, 2.75) is 43.0 Å². The number of ether oxygens (including phenoxy) is 2. The first-order valence-electron chi connectivity index (χ1n) is 11.9. The first-order valence-corrected chi connectivity index (χ1v) is 12.9. The second-order valence-electron chi connectivity index (χ2n) is 8.67. The van der Waals surface area contributed by atoms with Gasteiger partial charge in [-0.1, -0.05) is 60.3 Å². The molecule has 2 aliphatic heterocycles. The molecule has 0 unspecified atom stereocenters. The third kappa shape index (κ3) is 5.35. The number of piperidine rings is 1. The summed E-state index contributed by atoms with van der Waals surface area (Å²) in [5.74, 6) is 1.50. The third-order valence-corrected chi connectivity index (χ3v) is 7.39. The van der Waals surface area contributed by atoms with Crippen LogP contribution < -0.4 is 0 Å². The minimum Gasteiger partial charge on any atom is -0.347 e. The lowest BCUT2D eigenvalue weighted by Crippen LogP contribution is -2.47. The Hall–Kier alpha value is -2.68. The molecule has 1 spiro atoms. The lowest BCUT2D eigenvalue weighted by Gasteiger charge is -2.37. The third-order valence-electron chi connectivity index (χ3n) is 6.38. The van der Waals surface area contributed by atoms with Crippen LogP contribution in [0.25, 0.3) is 5.69 Å². The van der Waals surface area contributed by atoms with E-state index < -0.39 is 5.79 Å². The Labute approximate surface area is 204 Å². The maximum absolute atomic E-state index is 12.7. The van der Waals surface area contributed by atoms with Crippen LogP contribution in [0.3, 0.4) is 0 Å². The van der Waals surface area contributed by atoms with Crippen LogP contribution in [-0.4, -0.2) is 63.4 Å². The summed E-state index contributed by atoms with van der Waals surface area (Å²) < 4.78 is 13.7. The summed E-state index contributed by atoms with van der Waals surface area (Å²) in [7, 11) is 0. The van der Waals surface area contributed by atoms with Gasteiger partial charge in [-0.15, -0.1) is 10.2 Å². The predicted octanol–water partition coefficient (Wildman–Crippen LogP) is 4.10. The highest BCUT2D eigenvalue weighted by atomic mass is 32.2. The van der Waals surface area contributed by atoms with Crippen molar-refractivity contribution in [3.8, 4) is 5.69 Å². The maximum Gasteiger partial charge on any atom is 0.222 e. The molecule has 2 saturated heterocycles. The number of nitrogens with zero attached hydrogens (tertiary/aromatic N) is 4. The summed E-state index contributed by atoms with van der Waals surface area (Å²) in [6.45, 7) is 2.73. The van der Waals surface area contributed by atoms with Crippen LogP contribution in [0.15, 0.2) is 65.8 Å². The molecular weight excluding hydrogens is 448 g/mol. The van der Waals surface area contributed by atoms with Crippen molar-refractivity contribution in [1.29, 1.82) is 0 Å². The van der Waals surface area contributed by atoms with Gasteiger partial charge in [0.25, 0.3) is 0 Å². The Bertz CT molecular complexity index is 1070. The van der Waals surface area contributed by atoms with Gasteiger partial charge in [-0.25, -0.2) is 0 Å². The fourth-order valence-corrected chi connectivity index (χ4v) is 5.46. The summed E-state index contributed by atoms with van der Waals surface area (Å²) in [6, 6.07) is 20.5. The molecule has 0 aliphatic carbocycles. The van der Waals surface area contributed by atoms with E-state index in [1.165, 1.54) is 5.56 Å². The monoisotopic (exact) mass is 478 g/mol. The molecule has 34 heavy (non-hydrogen) atoms. The van der Waals surface area contributed by atoms with Gasteiger partial charge in [-0.2, -0.15) is 0 Å². The van der Waals surface area contributed by atoms with Gasteiger partial charge < -0.3 is 14.4 Å². The molecule has 8 heteroatoms. The summed E-state index contributed by atoms with van der Waals surface area (Å²) in [6.07, 6.45) is 3.58. The highest BCUT2D eigenvalue weighted by Crippen LogP contribution is 2.31. The minimum absolute atomic E-state index is 0.211. The fourth-order valence-electron chi connectivity index (χ4n) is 4.55.